The number of benzene rings is 1. The molecule has 2 N–H and O–H groups in total. The molecule has 1 amide bonds. The topological polar surface area (TPSA) is 80.8 Å². The maximum absolute atomic E-state index is 13.1. The van der Waals surface area contributed by atoms with Gasteiger partial charge >= 0.3 is 6.18 Å². The predicted molar refractivity (Wildman–Crippen MR) is 100 cm³/mol. The third-order valence-electron chi connectivity index (χ3n) is 5.18. The maximum Gasteiger partial charge on any atom is 0.416 e. The number of likely N-dealkylation sites (N-methyl/N-ethyl adjacent to an activating group) is 1. The number of hydrogen-bond acceptors (Lipinski definition) is 5. The minimum absolute atomic E-state index is 0.0845. The second kappa shape index (κ2) is 5.95. The van der Waals surface area contributed by atoms with E-state index in [1.54, 1.807) is 18.2 Å². The van der Waals surface area contributed by atoms with E-state index in [0.717, 1.165) is 18.3 Å². The number of nitrogens with zero attached hydrogens (tertiary/aromatic N) is 3. The quantitative estimate of drug-likeness (QED) is 0.791. The molecule has 1 unspecified atom stereocenters. The molecule has 1 aromatic heterocycles. The third kappa shape index (κ3) is 3.01. The van der Waals surface area contributed by atoms with Crippen molar-refractivity contribution in [2.24, 2.45) is 10.7 Å². The third-order valence-corrected chi connectivity index (χ3v) is 5.18. The van der Waals surface area contributed by atoms with Crippen molar-refractivity contribution < 1.29 is 22.7 Å². The van der Waals surface area contributed by atoms with Gasteiger partial charge in [-0.2, -0.15) is 13.2 Å². The summed E-state index contributed by atoms with van der Waals surface area (Å²) < 4.78 is 45.3. The maximum atomic E-state index is 13.1. The highest BCUT2D eigenvalue weighted by Gasteiger charge is 2.55. The zero-order chi connectivity index (χ0) is 21.2. The van der Waals surface area contributed by atoms with Crippen LogP contribution in [0.15, 0.2) is 41.5 Å². The van der Waals surface area contributed by atoms with Gasteiger partial charge in [-0.3, -0.25) is 14.7 Å². The number of aliphatic imine (C=N–C) groups is 1. The minimum atomic E-state index is -4.48. The average Bonchev–Trinajstić information content (AvgIpc) is 2.84. The highest BCUT2D eigenvalue weighted by molar-refractivity contribution is 6.07. The molecule has 3 heterocycles. The van der Waals surface area contributed by atoms with Gasteiger partial charge in [0.1, 0.15) is 11.4 Å². The number of pyridine rings is 1. The summed E-state index contributed by atoms with van der Waals surface area (Å²) >= 11 is 0. The monoisotopic (exact) mass is 404 g/mol. The van der Waals surface area contributed by atoms with Crippen LogP contribution in [0.5, 0.6) is 5.75 Å². The number of aromatic nitrogens is 1. The number of halogens is 3. The molecule has 1 spiro atoms. The number of amides is 1. The van der Waals surface area contributed by atoms with Crippen LogP contribution in [0.4, 0.5) is 13.2 Å². The first kappa shape index (κ1) is 19.2. The van der Waals surface area contributed by atoms with Crippen LogP contribution in [0.1, 0.15) is 31.4 Å². The largest absolute Gasteiger partial charge is 0.487 e. The van der Waals surface area contributed by atoms with Crippen LogP contribution in [0.2, 0.25) is 0 Å². The summed E-state index contributed by atoms with van der Waals surface area (Å²) in [6.45, 7) is 3.69. The number of rotatable bonds is 1. The van der Waals surface area contributed by atoms with Gasteiger partial charge in [0.25, 0.3) is 5.91 Å². The Balaban J connectivity index is 1.89. The van der Waals surface area contributed by atoms with Gasteiger partial charge in [0.15, 0.2) is 11.5 Å². The van der Waals surface area contributed by atoms with Crippen molar-refractivity contribution >= 4 is 11.9 Å². The van der Waals surface area contributed by atoms with E-state index in [1.807, 2.05) is 13.8 Å². The zero-order valence-electron chi connectivity index (χ0n) is 16.0. The highest BCUT2D eigenvalue weighted by Crippen LogP contribution is 2.49. The molecule has 0 aliphatic carbocycles. The van der Waals surface area contributed by atoms with Crippen molar-refractivity contribution in [2.45, 2.75) is 37.6 Å². The molecule has 0 saturated carbocycles. The van der Waals surface area contributed by atoms with Gasteiger partial charge in [0.2, 0.25) is 0 Å². The number of hydrogen-bond donors (Lipinski definition) is 1. The number of nitrogens with two attached hydrogens (primary N) is 1. The number of guanidine groups is 1. The van der Waals surface area contributed by atoms with Gasteiger partial charge in [0, 0.05) is 30.8 Å². The second-order valence-corrected chi connectivity index (χ2v) is 7.87. The summed E-state index contributed by atoms with van der Waals surface area (Å²) in [6, 6.07) is 6.75. The fraction of sp³-hybridized carbons (Fsp3) is 0.350. The molecule has 0 bridgehead atoms. The molecule has 1 atom stereocenters. The Kier molecular flexibility index (Phi) is 3.94. The van der Waals surface area contributed by atoms with Gasteiger partial charge in [0.05, 0.1) is 11.3 Å². The lowest BCUT2D eigenvalue weighted by atomic mass is 9.77. The Labute approximate surface area is 165 Å². The Hall–Kier alpha value is -3.10. The van der Waals surface area contributed by atoms with Crippen LogP contribution < -0.4 is 10.5 Å². The van der Waals surface area contributed by atoms with Gasteiger partial charge < -0.3 is 10.5 Å². The summed E-state index contributed by atoms with van der Waals surface area (Å²) in [5.74, 6) is 0.222. The number of carbonyl (C=O) groups excluding carboxylic acids is 1. The zero-order valence-corrected chi connectivity index (χ0v) is 16.0. The van der Waals surface area contributed by atoms with Crippen LogP contribution >= 0.6 is 0 Å². The molecule has 2 aliphatic rings. The van der Waals surface area contributed by atoms with Gasteiger partial charge in [-0.05, 0) is 44.2 Å². The summed E-state index contributed by atoms with van der Waals surface area (Å²) in [5.41, 5.74) is 4.17. The van der Waals surface area contributed by atoms with E-state index in [4.69, 9.17) is 10.5 Å². The lowest BCUT2D eigenvalue weighted by molar-refractivity contribution is -0.137. The Morgan fingerprint density at radius 2 is 1.93 bits per heavy atom. The SMILES string of the molecule is CN1C(=O)C2(CC(C)(C)Oc3ccc(-c4cc(C(F)(F)F)ccn4)cc32)N=C1N. The lowest BCUT2D eigenvalue weighted by Crippen LogP contribution is -2.49. The van der Waals surface area contributed by atoms with Crippen molar-refractivity contribution in [2.75, 3.05) is 7.05 Å². The molecular formula is C20H19F3N4O2. The summed E-state index contributed by atoms with van der Waals surface area (Å²) in [6.07, 6.45) is -3.13. The van der Waals surface area contributed by atoms with Crippen molar-refractivity contribution in [3.8, 4) is 17.0 Å². The van der Waals surface area contributed by atoms with E-state index in [-0.39, 0.29) is 24.0 Å². The van der Waals surface area contributed by atoms with E-state index < -0.39 is 22.9 Å². The molecule has 6 nitrogen and oxygen atoms in total. The van der Waals surface area contributed by atoms with E-state index in [2.05, 4.69) is 9.98 Å². The van der Waals surface area contributed by atoms with Crippen LogP contribution in [0.25, 0.3) is 11.3 Å². The molecule has 2 aliphatic heterocycles. The van der Waals surface area contributed by atoms with Crippen LogP contribution in [0.3, 0.4) is 0 Å². The minimum Gasteiger partial charge on any atom is -0.487 e. The molecule has 0 saturated heterocycles. The highest BCUT2D eigenvalue weighted by atomic mass is 19.4. The molecule has 2 aromatic rings. The van der Waals surface area contributed by atoms with Gasteiger partial charge in [-0.15, -0.1) is 0 Å². The smallest absolute Gasteiger partial charge is 0.416 e. The summed E-state index contributed by atoms with van der Waals surface area (Å²) in [5, 5.41) is 0. The van der Waals surface area contributed by atoms with Crippen molar-refractivity contribution in [3.63, 3.8) is 0 Å². The molecule has 29 heavy (non-hydrogen) atoms. The van der Waals surface area contributed by atoms with E-state index in [0.29, 0.717) is 16.9 Å². The molecule has 9 heteroatoms. The Morgan fingerprint density at radius 3 is 2.55 bits per heavy atom. The van der Waals surface area contributed by atoms with E-state index >= 15 is 0 Å². The van der Waals surface area contributed by atoms with Gasteiger partial charge in [-0.25, -0.2) is 4.99 Å². The predicted octanol–water partition coefficient (Wildman–Crippen LogP) is 3.31. The van der Waals surface area contributed by atoms with Crippen molar-refractivity contribution in [1.29, 1.82) is 0 Å². The van der Waals surface area contributed by atoms with E-state index in [9.17, 15) is 18.0 Å². The number of carbonyl (C=O) groups is 1. The Bertz CT molecular complexity index is 1050. The van der Waals surface area contributed by atoms with Crippen LogP contribution in [-0.2, 0) is 16.5 Å². The average molecular weight is 404 g/mol. The second-order valence-electron chi connectivity index (χ2n) is 7.87. The first-order valence-corrected chi connectivity index (χ1v) is 8.94. The van der Waals surface area contributed by atoms with Crippen LogP contribution in [-0.4, -0.2) is 34.4 Å². The van der Waals surface area contributed by atoms with Crippen molar-refractivity contribution in [1.82, 2.24) is 9.88 Å². The number of ether oxygens (including phenoxy) is 1. The van der Waals surface area contributed by atoms with Crippen LogP contribution in [0, 0.1) is 0 Å². The Morgan fingerprint density at radius 1 is 1.21 bits per heavy atom. The summed E-state index contributed by atoms with van der Waals surface area (Å²) in [4.78, 5) is 22.9. The number of fused-ring (bicyclic) bond motifs is 2. The fourth-order valence-electron chi connectivity index (χ4n) is 3.90. The van der Waals surface area contributed by atoms with Crippen molar-refractivity contribution in [3.05, 3.63) is 47.7 Å². The standard InChI is InChI=1S/C20H19F3N4O2/c1-18(2)10-19(16(28)27(3)17(24)26-19)13-8-11(4-5-15(13)29-18)14-9-12(6-7-25-14)20(21,22)23/h4-9H,10H2,1-3H3,(H2,24,26). The first-order chi connectivity index (χ1) is 13.4. The normalized spacial score (nSPS) is 23.0. The molecule has 152 valence electrons. The number of alkyl halides is 3. The lowest BCUT2D eigenvalue weighted by Gasteiger charge is -2.41. The van der Waals surface area contributed by atoms with Gasteiger partial charge in [-0.1, -0.05) is 0 Å². The van der Waals surface area contributed by atoms with E-state index in [1.165, 1.54) is 11.9 Å². The molecular weight excluding hydrogens is 385 g/mol. The fourth-order valence-corrected chi connectivity index (χ4v) is 3.90. The first-order valence-electron chi connectivity index (χ1n) is 8.94. The molecule has 1 aromatic carbocycles. The summed E-state index contributed by atoms with van der Waals surface area (Å²) in [7, 11) is 1.54. The molecule has 0 fully saturated rings. The molecule has 4 rings (SSSR count). The molecule has 0 radical (unpaired) electrons.